The molecule has 10 nitrogen and oxygen atoms in total. The van der Waals surface area contributed by atoms with E-state index in [4.69, 9.17) is 22.9 Å². The Bertz CT molecular complexity index is 586. The molecule has 38 heavy (non-hydrogen) atoms. The smallest absolute Gasteiger partial charge is 0.195 e. The zero-order valence-corrected chi connectivity index (χ0v) is 25.7. The lowest BCUT2D eigenvalue weighted by Gasteiger charge is -2.06. The van der Waals surface area contributed by atoms with Gasteiger partial charge in [0, 0.05) is 26.2 Å². The van der Waals surface area contributed by atoms with Crippen molar-refractivity contribution in [3.63, 3.8) is 0 Å². The number of nitrogens with zero attached hydrogens (tertiary/aromatic N) is 4. The molecular weight excluding hydrogens is 523 g/mol. The van der Waals surface area contributed by atoms with Crippen LogP contribution in [0.25, 0.3) is 0 Å². The second-order valence-electron chi connectivity index (χ2n) is 9.27. The van der Waals surface area contributed by atoms with Crippen LogP contribution in [-0.4, -0.2) is 50.0 Å². The van der Waals surface area contributed by atoms with Gasteiger partial charge in [0.15, 0.2) is 23.8 Å². The molecule has 0 rings (SSSR count). The third kappa shape index (κ3) is 30.3. The number of nitrogens with two attached hydrogens (primary N) is 4. The first-order valence-electron chi connectivity index (χ1n) is 14.2. The summed E-state index contributed by atoms with van der Waals surface area (Å²) in [6.45, 7) is 7.20. The van der Waals surface area contributed by atoms with Crippen LogP contribution in [-0.2, 0) is 0 Å². The molecule has 0 unspecified atom stereocenters. The summed E-state index contributed by atoms with van der Waals surface area (Å²) in [5.74, 6) is 1.31. The molecule has 226 valence electrons. The highest BCUT2D eigenvalue weighted by molar-refractivity contribution is 5.97. The molecular formula is C26H58Cl2N10. The SMILES string of the molecule is CCCCCCCCN=C(N)NC(N)=NCCCCCCN=C(N)NC(N)=NCCCCCCCC.Cl.Cl. The number of guanidine groups is 4. The Kier molecular flexibility index (Phi) is 33.4. The molecule has 0 aliphatic rings. The molecule has 0 radical (unpaired) electrons. The van der Waals surface area contributed by atoms with E-state index in [0.29, 0.717) is 36.9 Å². The molecule has 0 saturated heterocycles. The number of hydrogen-bond donors (Lipinski definition) is 6. The summed E-state index contributed by atoms with van der Waals surface area (Å²) in [5, 5.41) is 5.71. The fourth-order valence-electron chi connectivity index (χ4n) is 3.58. The fourth-order valence-corrected chi connectivity index (χ4v) is 3.58. The molecule has 0 aromatic rings. The van der Waals surface area contributed by atoms with Crippen LogP contribution in [0, 0.1) is 0 Å². The highest BCUT2D eigenvalue weighted by atomic mass is 35.5. The third-order valence-electron chi connectivity index (χ3n) is 5.73. The molecule has 0 aromatic heterocycles. The van der Waals surface area contributed by atoms with Crippen LogP contribution in [0.15, 0.2) is 20.0 Å². The lowest BCUT2D eigenvalue weighted by atomic mass is 10.1. The molecule has 0 bridgehead atoms. The Labute approximate surface area is 244 Å². The minimum Gasteiger partial charge on any atom is -0.370 e. The summed E-state index contributed by atoms with van der Waals surface area (Å²) in [6.07, 6.45) is 18.8. The minimum atomic E-state index is 0. The molecule has 0 fully saturated rings. The van der Waals surface area contributed by atoms with Gasteiger partial charge in [-0.25, -0.2) is 0 Å². The van der Waals surface area contributed by atoms with Gasteiger partial charge < -0.3 is 22.9 Å². The molecule has 0 heterocycles. The van der Waals surface area contributed by atoms with Crippen molar-refractivity contribution in [1.29, 1.82) is 0 Å². The first-order valence-corrected chi connectivity index (χ1v) is 14.2. The number of nitrogens with one attached hydrogen (secondary N) is 2. The number of halogens is 2. The first-order chi connectivity index (χ1) is 17.5. The Morgan fingerprint density at radius 2 is 0.605 bits per heavy atom. The Morgan fingerprint density at radius 1 is 0.395 bits per heavy atom. The van der Waals surface area contributed by atoms with Crippen LogP contribution >= 0.6 is 24.8 Å². The van der Waals surface area contributed by atoms with E-state index in [1.807, 2.05) is 0 Å². The normalized spacial score (nSPS) is 12.6. The van der Waals surface area contributed by atoms with Gasteiger partial charge in [-0.15, -0.1) is 24.8 Å². The maximum Gasteiger partial charge on any atom is 0.195 e. The first kappa shape index (κ1) is 40.6. The maximum absolute atomic E-state index is 5.88. The number of hydrogen-bond acceptors (Lipinski definition) is 4. The van der Waals surface area contributed by atoms with Gasteiger partial charge >= 0.3 is 0 Å². The van der Waals surface area contributed by atoms with E-state index in [9.17, 15) is 0 Å². The van der Waals surface area contributed by atoms with Crippen molar-refractivity contribution in [3.05, 3.63) is 0 Å². The quantitative estimate of drug-likeness (QED) is 0.0658. The lowest BCUT2D eigenvalue weighted by Crippen LogP contribution is -2.41. The van der Waals surface area contributed by atoms with Crippen LogP contribution in [0.5, 0.6) is 0 Å². The predicted molar refractivity (Wildman–Crippen MR) is 172 cm³/mol. The number of rotatable bonds is 21. The zero-order chi connectivity index (χ0) is 26.7. The summed E-state index contributed by atoms with van der Waals surface area (Å²) in [6, 6.07) is 0. The molecule has 0 spiro atoms. The van der Waals surface area contributed by atoms with Crippen molar-refractivity contribution in [2.75, 3.05) is 26.2 Å². The van der Waals surface area contributed by atoms with E-state index < -0.39 is 0 Å². The Morgan fingerprint density at radius 3 is 0.842 bits per heavy atom. The molecule has 10 N–H and O–H groups in total. The molecule has 12 heteroatoms. The van der Waals surface area contributed by atoms with E-state index in [-0.39, 0.29) is 24.8 Å². The van der Waals surface area contributed by atoms with Gasteiger partial charge in [-0.3, -0.25) is 30.6 Å². The van der Waals surface area contributed by atoms with Crippen LogP contribution in [0.4, 0.5) is 0 Å². The second-order valence-corrected chi connectivity index (χ2v) is 9.27. The van der Waals surface area contributed by atoms with Crippen molar-refractivity contribution >= 4 is 48.7 Å². The topological polar surface area (TPSA) is 178 Å². The second kappa shape index (κ2) is 31.3. The molecule has 0 aromatic carbocycles. The third-order valence-corrected chi connectivity index (χ3v) is 5.73. The molecule has 0 aliphatic carbocycles. The van der Waals surface area contributed by atoms with Crippen LogP contribution in [0.1, 0.15) is 117 Å². The fraction of sp³-hybridized carbons (Fsp3) is 0.846. The maximum atomic E-state index is 5.88. The molecule has 0 amide bonds. The lowest BCUT2D eigenvalue weighted by molar-refractivity contribution is 0.612. The van der Waals surface area contributed by atoms with E-state index in [0.717, 1.165) is 51.6 Å². The summed E-state index contributed by atoms with van der Waals surface area (Å²) >= 11 is 0. The summed E-state index contributed by atoms with van der Waals surface area (Å²) in [5.41, 5.74) is 23.5. The molecule has 0 atom stereocenters. The Balaban J connectivity index is -0.00000612. The van der Waals surface area contributed by atoms with Crippen molar-refractivity contribution in [3.8, 4) is 0 Å². The van der Waals surface area contributed by atoms with Crippen molar-refractivity contribution < 1.29 is 0 Å². The molecule has 0 saturated carbocycles. The van der Waals surface area contributed by atoms with Gasteiger partial charge in [0.2, 0.25) is 0 Å². The van der Waals surface area contributed by atoms with Gasteiger partial charge in [0.1, 0.15) is 0 Å². The van der Waals surface area contributed by atoms with Crippen LogP contribution in [0.3, 0.4) is 0 Å². The van der Waals surface area contributed by atoms with Crippen LogP contribution < -0.4 is 33.6 Å². The van der Waals surface area contributed by atoms with Gasteiger partial charge in [-0.2, -0.15) is 0 Å². The van der Waals surface area contributed by atoms with Crippen molar-refractivity contribution in [2.24, 2.45) is 42.9 Å². The predicted octanol–water partition coefficient (Wildman–Crippen LogP) is 4.55. The highest BCUT2D eigenvalue weighted by Gasteiger charge is 1.98. The van der Waals surface area contributed by atoms with Crippen LogP contribution in [0.2, 0.25) is 0 Å². The highest BCUT2D eigenvalue weighted by Crippen LogP contribution is 2.05. The summed E-state index contributed by atoms with van der Waals surface area (Å²) < 4.78 is 0. The number of unbranched alkanes of at least 4 members (excludes halogenated alkanes) is 13. The average Bonchev–Trinajstić information content (AvgIpc) is 2.84. The Hall–Kier alpha value is -1.94. The standard InChI is InChI=1S/C26H56N10.2ClH/c1-3-5-7-9-11-15-19-31-23(27)35-25(29)33-21-17-13-14-18-22-34-26(30)36-24(28)32-20-16-12-10-8-6-4-2;;/h3-22H2,1-2H3,(H5,27,29,31,33,35)(H5,28,30,32,34,36);2*1H. The van der Waals surface area contributed by atoms with Crippen molar-refractivity contribution in [2.45, 2.75) is 117 Å². The largest absolute Gasteiger partial charge is 0.370 e. The summed E-state index contributed by atoms with van der Waals surface area (Å²) in [4.78, 5) is 17.2. The monoisotopic (exact) mass is 580 g/mol. The summed E-state index contributed by atoms with van der Waals surface area (Å²) in [7, 11) is 0. The van der Waals surface area contributed by atoms with Crippen molar-refractivity contribution in [1.82, 2.24) is 10.6 Å². The molecule has 0 aliphatic heterocycles. The van der Waals surface area contributed by atoms with Gasteiger partial charge in [-0.1, -0.05) is 90.9 Å². The van der Waals surface area contributed by atoms with E-state index in [1.165, 1.54) is 64.2 Å². The van der Waals surface area contributed by atoms with E-state index >= 15 is 0 Å². The minimum absolute atomic E-state index is 0. The average molecular weight is 582 g/mol. The number of aliphatic imine (C=N–C) groups is 4. The zero-order valence-electron chi connectivity index (χ0n) is 24.1. The van der Waals surface area contributed by atoms with Gasteiger partial charge in [0.05, 0.1) is 0 Å². The van der Waals surface area contributed by atoms with E-state index in [1.54, 1.807) is 0 Å². The van der Waals surface area contributed by atoms with E-state index in [2.05, 4.69) is 44.5 Å². The van der Waals surface area contributed by atoms with Gasteiger partial charge in [-0.05, 0) is 25.7 Å². The van der Waals surface area contributed by atoms with Gasteiger partial charge in [0.25, 0.3) is 0 Å².